The van der Waals surface area contributed by atoms with Crippen LogP contribution >= 0.6 is 0 Å². The first-order valence-corrected chi connectivity index (χ1v) is 6.26. The Labute approximate surface area is 114 Å². The number of nitrogens with zero attached hydrogens (tertiary/aromatic N) is 1. The number of hydrogen-bond donors (Lipinski definition) is 1. The predicted octanol–water partition coefficient (Wildman–Crippen LogP) is 3.85. The highest BCUT2D eigenvalue weighted by molar-refractivity contribution is 6.09. The van der Waals surface area contributed by atoms with Crippen molar-refractivity contribution in [2.45, 2.75) is 0 Å². The maximum atomic E-state index is 10.4. The summed E-state index contributed by atoms with van der Waals surface area (Å²) in [7, 11) is 1.60. The van der Waals surface area contributed by atoms with Gasteiger partial charge in [-0.05, 0) is 24.3 Å². The average molecular weight is 265 g/mol. The SMILES string of the molecule is COc1ccc2c(O)c3oc4ccccc4c3nc2c1. The van der Waals surface area contributed by atoms with Crippen LogP contribution in [0.4, 0.5) is 0 Å². The second-order valence-electron chi connectivity index (χ2n) is 4.62. The third-order valence-corrected chi connectivity index (χ3v) is 3.48. The third kappa shape index (κ3) is 1.39. The Kier molecular flexibility index (Phi) is 2.15. The smallest absolute Gasteiger partial charge is 0.196 e. The van der Waals surface area contributed by atoms with Gasteiger partial charge < -0.3 is 14.3 Å². The molecule has 0 amide bonds. The van der Waals surface area contributed by atoms with Crippen molar-refractivity contribution < 1.29 is 14.3 Å². The second kappa shape index (κ2) is 3.87. The monoisotopic (exact) mass is 265 g/mol. The van der Waals surface area contributed by atoms with Crippen molar-refractivity contribution in [1.29, 1.82) is 0 Å². The summed E-state index contributed by atoms with van der Waals surface area (Å²) < 4.78 is 10.9. The largest absolute Gasteiger partial charge is 0.504 e. The molecule has 0 spiro atoms. The molecule has 20 heavy (non-hydrogen) atoms. The lowest BCUT2D eigenvalue weighted by Gasteiger charge is -2.04. The van der Waals surface area contributed by atoms with E-state index in [0.717, 1.165) is 5.39 Å². The van der Waals surface area contributed by atoms with Crippen LogP contribution in [-0.4, -0.2) is 17.2 Å². The van der Waals surface area contributed by atoms with Crippen molar-refractivity contribution in [3.8, 4) is 11.5 Å². The van der Waals surface area contributed by atoms with E-state index < -0.39 is 0 Å². The van der Waals surface area contributed by atoms with Gasteiger partial charge in [-0.15, -0.1) is 0 Å². The first-order valence-electron chi connectivity index (χ1n) is 6.26. The van der Waals surface area contributed by atoms with Gasteiger partial charge in [0, 0.05) is 16.8 Å². The summed E-state index contributed by atoms with van der Waals surface area (Å²) >= 11 is 0. The summed E-state index contributed by atoms with van der Waals surface area (Å²) in [5, 5.41) is 11.9. The van der Waals surface area contributed by atoms with Gasteiger partial charge >= 0.3 is 0 Å². The van der Waals surface area contributed by atoms with Gasteiger partial charge in [0.15, 0.2) is 11.3 Å². The molecule has 0 radical (unpaired) electrons. The van der Waals surface area contributed by atoms with E-state index in [9.17, 15) is 5.11 Å². The lowest BCUT2D eigenvalue weighted by atomic mass is 10.1. The Morgan fingerprint density at radius 3 is 2.80 bits per heavy atom. The molecule has 0 saturated carbocycles. The molecule has 0 aliphatic carbocycles. The first kappa shape index (κ1) is 11.1. The minimum atomic E-state index is 0.115. The van der Waals surface area contributed by atoms with Crippen LogP contribution in [0, 0.1) is 0 Å². The van der Waals surface area contributed by atoms with Crippen molar-refractivity contribution in [2.75, 3.05) is 7.11 Å². The number of para-hydroxylation sites is 1. The summed E-state index contributed by atoms with van der Waals surface area (Å²) in [5.41, 5.74) is 2.48. The zero-order valence-electron chi connectivity index (χ0n) is 10.8. The summed E-state index contributed by atoms with van der Waals surface area (Å²) in [6.07, 6.45) is 0. The van der Waals surface area contributed by atoms with Gasteiger partial charge in [0.2, 0.25) is 0 Å². The molecule has 0 bridgehead atoms. The van der Waals surface area contributed by atoms with Crippen molar-refractivity contribution in [3.63, 3.8) is 0 Å². The molecular weight excluding hydrogens is 254 g/mol. The van der Waals surface area contributed by atoms with Gasteiger partial charge in [0.25, 0.3) is 0 Å². The summed E-state index contributed by atoms with van der Waals surface area (Å²) in [5.74, 6) is 0.820. The number of hydrogen-bond acceptors (Lipinski definition) is 4. The number of benzene rings is 2. The molecule has 4 rings (SSSR count). The first-order chi connectivity index (χ1) is 9.78. The molecule has 0 saturated heterocycles. The Balaban J connectivity index is 2.22. The number of fused-ring (bicyclic) bond motifs is 4. The van der Waals surface area contributed by atoms with Gasteiger partial charge in [-0.3, -0.25) is 0 Å². The van der Waals surface area contributed by atoms with Crippen LogP contribution in [0.2, 0.25) is 0 Å². The van der Waals surface area contributed by atoms with E-state index in [2.05, 4.69) is 4.98 Å². The van der Waals surface area contributed by atoms with E-state index in [4.69, 9.17) is 9.15 Å². The van der Waals surface area contributed by atoms with Crippen LogP contribution in [0.25, 0.3) is 33.0 Å². The lowest BCUT2D eigenvalue weighted by Crippen LogP contribution is -1.85. The van der Waals surface area contributed by atoms with E-state index in [1.165, 1.54) is 0 Å². The minimum Gasteiger partial charge on any atom is -0.504 e. The van der Waals surface area contributed by atoms with E-state index in [1.54, 1.807) is 25.3 Å². The molecule has 4 heteroatoms. The number of aromatic hydroxyl groups is 1. The number of pyridine rings is 1. The van der Waals surface area contributed by atoms with Crippen molar-refractivity contribution in [3.05, 3.63) is 42.5 Å². The van der Waals surface area contributed by atoms with Gasteiger partial charge in [-0.1, -0.05) is 12.1 Å². The molecule has 2 heterocycles. The van der Waals surface area contributed by atoms with Crippen molar-refractivity contribution >= 4 is 33.0 Å². The molecule has 2 aromatic carbocycles. The van der Waals surface area contributed by atoms with Gasteiger partial charge in [0.1, 0.15) is 16.8 Å². The molecule has 0 fully saturated rings. The molecule has 0 atom stereocenters. The minimum absolute atomic E-state index is 0.115. The topological polar surface area (TPSA) is 55.5 Å². The number of ether oxygens (including phenoxy) is 1. The Morgan fingerprint density at radius 2 is 1.95 bits per heavy atom. The number of rotatable bonds is 1. The van der Waals surface area contributed by atoms with Crippen LogP contribution in [0.1, 0.15) is 0 Å². The Morgan fingerprint density at radius 1 is 1.10 bits per heavy atom. The maximum Gasteiger partial charge on any atom is 0.196 e. The maximum absolute atomic E-state index is 10.4. The zero-order chi connectivity index (χ0) is 13.7. The normalized spacial score (nSPS) is 11.4. The van der Waals surface area contributed by atoms with Crippen molar-refractivity contribution in [2.24, 2.45) is 0 Å². The molecule has 1 N–H and O–H groups in total. The number of methoxy groups -OCH3 is 1. The summed E-state index contributed by atoms with van der Waals surface area (Å²) in [6.45, 7) is 0. The second-order valence-corrected chi connectivity index (χ2v) is 4.62. The number of aromatic nitrogens is 1. The van der Waals surface area contributed by atoms with E-state index in [0.29, 0.717) is 33.3 Å². The van der Waals surface area contributed by atoms with Crippen LogP contribution in [-0.2, 0) is 0 Å². The molecule has 0 aliphatic rings. The average Bonchev–Trinajstić information content (AvgIpc) is 2.86. The van der Waals surface area contributed by atoms with Gasteiger partial charge in [0.05, 0.1) is 12.6 Å². The Hall–Kier alpha value is -2.75. The standard InChI is InChI=1S/C16H11NO3/c1-19-9-6-7-10-12(8-9)17-14-11-4-2-3-5-13(11)20-16(14)15(10)18/h2-8H,1H3,(H,17,18). The summed E-state index contributed by atoms with van der Waals surface area (Å²) in [6, 6.07) is 13.0. The molecular formula is C16H11NO3. The molecule has 2 aromatic heterocycles. The van der Waals surface area contributed by atoms with Crippen LogP contribution in [0.5, 0.6) is 11.5 Å². The third-order valence-electron chi connectivity index (χ3n) is 3.48. The van der Waals surface area contributed by atoms with E-state index in [-0.39, 0.29) is 5.75 Å². The molecule has 0 aliphatic heterocycles. The highest BCUT2D eigenvalue weighted by Crippen LogP contribution is 2.38. The van der Waals surface area contributed by atoms with Crippen LogP contribution in [0.3, 0.4) is 0 Å². The highest BCUT2D eigenvalue weighted by Gasteiger charge is 2.15. The quantitative estimate of drug-likeness (QED) is 0.568. The fourth-order valence-electron chi connectivity index (χ4n) is 2.48. The number of furan rings is 1. The van der Waals surface area contributed by atoms with Crippen molar-refractivity contribution in [1.82, 2.24) is 4.98 Å². The molecule has 0 unspecified atom stereocenters. The van der Waals surface area contributed by atoms with Crippen LogP contribution in [0.15, 0.2) is 46.9 Å². The lowest BCUT2D eigenvalue weighted by molar-refractivity contribution is 0.415. The Bertz CT molecular complexity index is 956. The predicted molar refractivity (Wildman–Crippen MR) is 77.2 cm³/mol. The molecule has 98 valence electrons. The van der Waals surface area contributed by atoms with Gasteiger partial charge in [-0.2, -0.15) is 0 Å². The molecule has 4 aromatic rings. The van der Waals surface area contributed by atoms with E-state index in [1.807, 2.05) is 24.3 Å². The zero-order valence-corrected chi connectivity index (χ0v) is 10.8. The van der Waals surface area contributed by atoms with Crippen LogP contribution < -0.4 is 4.74 Å². The van der Waals surface area contributed by atoms with Gasteiger partial charge in [-0.25, -0.2) is 4.98 Å². The van der Waals surface area contributed by atoms with E-state index >= 15 is 0 Å². The molecule has 4 nitrogen and oxygen atoms in total. The fourth-order valence-corrected chi connectivity index (χ4v) is 2.48. The highest BCUT2D eigenvalue weighted by atomic mass is 16.5. The fraction of sp³-hybridized carbons (Fsp3) is 0.0625. The summed E-state index contributed by atoms with van der Waals surface area (Å²) in [4.78, 5) is 4.60.